The Balaban J connectivity index is 2.16. The Bertz CT molecular complexity index is 717. The molecule has 21 heavy (non-hydrogen) atoms. The molecule has 0 radical (unpaired) electrons. The van der Waals surface area contributed by atoms with Crippen LogP contribution >= 0.6 is 0 Å². The van der Waals surface area contributed by atoms with E-state index in [0.29, 0.717) is 18.5 Å². The van der Waals surface area contributed by atoms with Gasteiger partial charge in [-0.1, -0.05) is 0 Å². The first-order valence-electron chi connectivity index (χ1n) is 7.13. The second kappa shape index (κ2) is 5.41. The molecule has 0 saturated heterocycles. The molecule has 0 amide bonds. The lowest BCUT2D eigenvalue weighted by molar-refractivity contribution is 0.565. The lowest BCUT2D eigenvalue weighted by Crippen LogP contribution is -2.34. The summed E-state index contributed by atoms with van der Waals surface area (Å²) in [5, 5.41) is 24.5. The van der Waals surface area contributed by atoms with Crippen LogP contribution in [0.3, 0.4) is 0 Å². The maximum Gasteiger partial charge on any atom is 0.138 e. The van der Waals surface area contributed by atoms with Crippen LogP contribution < -0.4 is 5.01 Å². The monoisotopic (exact) mass is 280 g/mol. The normalized spacial score (nSPS) is 13.5. The van der Waals surface area contributed by atoms with Crippen molar-refractivity contribution >= 4 is 0 Å². The van der Waals surface area contributed by atoms with Crippen molar-refractivity contribution in [1.29, 1.82) is 10.5 Å². The quantitative estimate of drug-likeness (QED) is 0.853. The molecule has 0 aromatic rings. The van der Waals surface area contributed by atoms with Crippen LogP contribution in [0.1, 0.15) is 36.0 Å². The summed E-state index contributed by atoms with van der Waals surface area (Å²) >= 11 is 0. The van der Waals surface area contributed by atoms with Crippen molar-refractivity contribution in [3.05, 3.63) is 23.0 Å². The van der Waals surface area contributed by atoms with Crippen molar-refractivity contribution < 1.29 is 0 Å². The number of nitriles is 2. The number of hydrogen-bond donors (Lipinski definition) is 0. The van der Waals surface area contributed by atoms with Gasteiger partial charge in [0.15, 0.2) is 0 Å². The molecular weight excluding hydrogens is 264 g/mol. The highest BCUT2D eigenvalue weighted by Crippen LogP contribution is 2.38. The lowest BCUT2D eigenvalue weighted by Gasteiger charge is -2.24. The van der Waals surface area contributed by atoms with Crippen LogP contribution in [0.15, 0.2) is 6.33 Å². The van der Waals surface area contributed by atoms with Crippen molar-refractivity contribution in [2.75, 3.05) is 18.6 Å². The predicted molar refractivity (Wildman–Crippen MR) is 77.2 cm³/mol. The SMILES string of the molecule is CN(CCC#N)n1ncnc2c(C#N)c3c(c1-2)CCCC3. The number of hydrogen-bond acceptors (Lipinski definition) is 5. The third-order valence-corrected chi connectivity index (χ3v) is 4.05. The van der Waals surface area contributed by atoms with Gasteiger partial charge in [0.25, 0.3) is 0 Å². The van der Waals surface area contributed by atoms with Crippen LogP contribution in [0.4, 0.5) is 0 Å². The van der Waals surface area contributed by atoms with Gasteiger partial charge in [-0.3, -0.25) is 5.01 Å². The lowest BCUT2D eigenvalue weighted by atomic mass is 9.94. The zero-order valence-corrected chi connectivity index (χ0v) is 12.0. The van der Waals surface area contributed by atoms with Gasteiger partial charge in [0.2, 0.25) is 0 Å². The molecule has 0 saturated carbocycles. The summed E-state index contributed by atoms with van der Waals surface area (Å²) in [4.78, 5) is 6.13. The van der Waals surface area contributed by atoms with E-state index in [1.807, 2.05) is 12.1 Å². The van der Waals surface area contributed by atoms with Gasteiger partial charge < -0.3 is 0 Å². The molecule has 0 N–H and O–H groups in total. The molecule has 6 heteroatoms. The molecule has 1 heterocycles. The largest absolute Gasteiger partial charge is 0.298 e. The highest BCUT2D eigenvalue weighted by Gasteiger charge is 2.29. The van der Waals surface area contributed by atoms with E-state index in [1.54, 1.807) is 4.79 Å². The third kappa shape index (κ3) is 2.09. The average molecular weight is 280 g/mol. The van der Waals surface area contributed by atoms with E-state index in [1.165, 1.54) is 11.9 Å². The molecule has 0 aromatic carbocycles. The Labute approximate surface area is 123 Å². The summed E-state index contributed by atoms with van der Waals surface area (Å²) in [7, 11) is 1.90. The summed E-state index contributed by atoms with van der Waals surface area (Å²) in [6.45, 7) is 0.592. The minimum Gasteiger partial charge on any atom is -0.298 e. The third-order valence-electron chi connectivity index (χ3n) is 4.05. The Morgan fingerprint density at radius 1 is 1.29 bits per heavy atom. The zero-order valence-electron chi connectivity index (χ0n) is 12.0. The Hall–Kier alpha value is -2.60. The average Bonchev–Trinajstić information content (AvgIpc) is 2.86. The minimum atomic E-state index is 0.434. The van der Waals surface area contributed by atoms with Gasteiger partial charge >= 0.3 is 0 Å². The minimum absolute atomic E-state index is 0.434. The zero-order chi connectivity index (χ0) is 14.8. The van der Waals surface area contributed by atoms with E-state index in [0.717, 1.165) is 42.6 Å². The molecule has 0 atom stereocenters. The van der Waals surface area contributed by atoms with Crippen molar-refractivity contribution in [3.63, 3.8) is 0 Å². The van der Waals surface area contributed by atoms with Gasteiger partial charge in [-0.2, -0.15) is 15.3 Å². The fourth-order valence-corrected chi connectivity index (χ4v) is 3.06. The maximum atomic E-state index is 9.48. The molecule has 1 aliphatic heterocycles. The Morgan fingerprint density at radius 3 is 2.76 bits per heavy atom. The van der Waals surface area contributed by atoms with Crippen LogP contribution in [-0.2, 0) is 12.8 Å². The van der Waals surface area contributed by atoms with Crippen molar-refractivity contribution in [1.82, 2.24) is 14.9 Å². The molecule has 0 spiro atoms. The fraction of sp³-hybridized carbons (Fsp3) is 0.467. The van der Waals surface area contributed by atoms with Gasteiger partial charge in [0.1, 0.15) is 23.8 Å². The van der Waals surface area contributed by atoms with E-state index in [2.05, 4.69) is 22.2 Å². The highest BCUT2D eigenvalue weighted by molar-refractivity contribution is 5.76. The summed E-state index contributed by atoms with van der Waals surface area (Å²) in [5.41, 5.74) is 4.72. The van der Waals surface area contributed by atoms with Crippen LogP contribution in [0.25, 0.3) is 11.4 Å². The molecule has 0 fully saturated rings. The van der Waals surface area contributed by atoms with Crippen LogP contribution in [0, 0.1) is 22.7 Å². The predicted octanol–water partition coefficient (Wildman–Crippen LogP) is 1.61. The molecule has 0 aromatic heterocycles. The van der Waals surface area contributed by atoms with Crippen LogP contribution in [0.2, 0.25) is 0 Å². The molecule has 2 aliphatic carbocycles. The van der Waals surface area contributed by atoms with Gasteiger partial charge in [-0.25, -0.2) is 4.98 Å². The van der Waals surface area contributed by atoms with Crippen LogP contribution in [0.5, 0.6) is 0 Å². The summed E-state index contributed by atoms with van der Waals surface area (Å²) in [6, 6.07) is 4.46. The van der Waals surface area contributed by atoms with Gasteiger partial charge in [0, 0.05) is 13.6 Å². The molecule has 0 unspecified atom stereocenters. The molecule has 106 valence electrons. The first kappa shape index (κ1) is 13.4. The molecular formula is C15H16N6. The van der Waals surface area contributed by atoms with E-state index >= 15 is 0 Å². The van der Waals surface area contributed by atoms with Crippen molar-refractivity contribution in [2.24, 2.45) is 0 Å². The Kier molecular flexibility index (Phi) is 3.45. The summed E-state index contributed by atoms with van der Waals surface area (Å²) < 4.78 is 0. The van der Waals surface area contributed by atoms with Crippen LogP contribution in [-0.4, -0.2) is 28.5 Å². The molecule has 3 aliphatic rings. The summed E-state index contributed by atoms with van der Waals surface area (Å²) in [5.74, 6) is 0. The van der Waals surface area contributed by atoms with E-state index in [4.69, 9.17) is 5.26 Å². The first-order valence-corrected chi connectivity index (χ1v) is 7.13. The summed E-state index contributed by atoms with van der Waals surface area (Å²) in [6.07, 6.45) is 6.08. The highest BCUT2D eigenvalue weighted by atomic mass is 15.6. The number of nitrogens with zero attached hydrogens (tertiary/aromatic N) is 6. The Morgan fingerprint density at radius 2 is 2.05 bits per heavy atom. The molecule has 3 rings (SSSR count). The van der Waals surface area contributed by atoms with Gasteiger partial charge in [0.05, 0.1) is 18.1 Å². The van der Waals surface area contributed by atoms with E-state index in [9.17, 15) is 5.26 Å². The molecule has 6 nitrogen and oxygen atoms in total. The van der Waals surface area contributed by atoms with Gasteiger partial charge in [-0.05, 0) is 36.8 Å². The topological polar surface area (TPSA) is 81.5 Å². The molecule has 0 bridgehead atoms. The first-order chi connectivity index (χ1) is 10.3. The number of fused-ring (bicyclic) bond motifs is 3. The standard InChI is InChI=1S/C15H16N6/c1-20(8-4-7-16)21-15-12-6-3-2-5-11(12)13(9-17)14(15)18-10-19-21/h10H,2-6,8H2,1H3. The second-order valence-corrected chi connectivity index (χ2v) is 5.29. The number of rotatable bonds is 3. The van der Waals surface area contributed by atoms with E-state index in [-0.39, 0.29) is 0 Å². The smallest absolute Gasteiger partial charge is 0.138 e. The van der Waals surface area contributed by atoms with E-state index < -0.39 is 0 Å². The van der Waals surface area contributed by atoms with Gasteiger partial charge in [-0.15, -0.1) is 5.10 Å². The van der Waals surface area contributed by atoms with Crippen molar-refractivity contribution in [3.8, 4) is 23.5 Å². The fourth-order valence-electron chi connectivity index (χ4n) is 3.06. The van der Waals surface area contributed by atoms with Crippen molar-refractivity contribution in [2.45, 2.75) is 32.1 Å². The maximum absolute atomic E-state index is 9.48. The number of aromatic nitrogens is 3. The second-order valence-electron chi connectivity index (χ2n) is 5.29.